The number of benzene rings is 1. The zero-order chi connectivity index (χ0) is 16.4. The molecule has 5 nitrogen and oxygen atoms in total. The zero-order valence-corrected chi connectivity index (χ0v) is 16.6. The van der Waals surface area contributed by atoms with Crippen LogP contribution in [0.15, 0.2) is 24.3 Å². The minimum absolute atomic E-state index is 0. The molecule has 1 unspecified atom stereocenters. The molecule has 1 aliphatic carbocycles. The number of anilines is 2. The zero-order valence-electron chi connectivity index (χ0n) is 15.0. The molecule has 1 saturated carbocycles. The summed E-state index contributed by atoms with van der Waals surface area (Å²) in [5.74, 6) is 0.404. The normalized spacial score (nSPS) is 24.1. The molecular weight excluding hydrogens is 373 g/mol. The second-order valence-corrected chi connectivity index (χ2v) is 7.47. The van der Waals surface area contributed by atoms with Crippen LogP contribution < -0.4 is 16.0 Å². The molecule has 4 rings (SSSR count). The van der Waals surface area contributed by atoms with E-state index in [9.17, 15) is 4.79 Å². The van der Waals surface area contributed by atoms with Crippen LogP contribution in [0, 0.1) is 11.3 Å². The van der Waals surface area contributed by atoms with Gasteiger partial charge >= 0.3 is 0 Å². The molecule has 0 bridgehead atoms. The van der Waals surface area contributed by atoms with Crippen LogP contribution in [0.4, 0.5) is 11.4 Å². The maximum atomic E-state index is 12.5. The number of halogens is 2. The third kappa shape index (κ3) is 4.83. The highest BCUT2D eigenvalue weighted by molar-refractivity contribution is 5.95. The third-order valence-electron chi connectivity index (χ3n) is 5.85. The fourth-order valence-corrected chi connectivity index (χ4v) is 4.15. The highest BCUT2D eigenvalue weighted by Gasteiger charge is 2.57. The molecular formula is C19H29Cl2N3O2. The largest absolute Gasteiger partial charge is 0.382 e. The second kappa shape index (κ2) is 9.27. The predicted molar refractivity (Wildman–Crippen MR) is 110 cm³/mol. The summed E-state index contributed by atoms with van der Waals surface area (Å²) >= 11 is 0. The molecule has 2 aliphatic heterocycles. The molecule has 3 aliphatic rings. The van der Waals surface area contributed by atoms with E-state index < -0.39 is 0 Å². The van der Waals surface area contributed by atoms with Gasteiger partial charge in [-0.1, -0.05) is 0 Å². The van der Waals surface area contributed by atoms with Crippen molar-refractivity contribution in [3.05, 3.63) is 24.3 Å². The first-order valence-electron chi connectivity index (χ1n) is 9.21. The van der Waals surface area contributed by atoms with Gasteiger partial charge in [0.1, 0.15) is 0 Å². The topological polar surface area (TPSA) is 62.4 Å². The summed E-state index contributed by atoms with van der Waals surface area (Å²) in [5, 5.41) is 10.0. The predicted octanol–water partition coefficient (Wildman–Crippen LogP) is 3.45. The van der Waals surface area contributed by atoms with Crippen LogP contribution in [0.5, 0.6) is 0 Å². The first-order chi connectivity index (χ1) is 11.8. The minimum Gasteiger partial charge on any atom is -0.382 e. The van der Waals surface area contributed by atoms with E-state index in [1.165, 1.54) is 0 Å². The van der Waals surface area contributed by atoms with Gasteiger partial charge < -0.3 is 20.7 Å². The van der Waals surface area contributed by atoms with E-state index in [1.54, 1.807) is 0 Å². The third-order valence-corrected chi connectivity index (χ3v) is 5.85. The van der Waals surface area contributed by atoms with E-state index in [4.69, 9.17) is 4.74 Å². The lowest BCUT2D eigenvalue weighted by Gasteiger charge is -2.24. The standard InChI is InChI=1S/C19H27N3O2.2ClH/c23-18(17-13-19(17)7-9-20-10-8-19)22-15-3-1-14(2-4-15)21-16-5-11-24-12-6-16;;/h1-4,16-17,20-21H,5-13H2,(H,22,23);2*1H. The van der Waals surface area contributed by atoms with Gasteiger partial charge in [-0.3, -0.25) is 4.79 Å². The molecule has 3 N–H and O–H groups in total. The minimum atomic E-state index is 0. The van der Waals surface area contributed by atoms with Crippen molar-refractivity contribution in [3.63, 3.8) is 0 Å². The number of rotatable bonds is 4. The van der Waals surface area contributed by atoms with Crippen molar-refractivity contribution in [1.82, 2.24) is 5.32 Å². The summed E-state index contributed by atoms with van der Waals surface area (Å²) < 4.78 is 5.38. The monoisotopic (exact) mass is 401 g/mol. The lowest BCUT2D eigenvalue weighted by Crippen LogP contribution is -2.31. The van der Waals surface area contributed by atoms with Crippen LogP contribution in [-0.2, 0) is 9.53 Å². The molecule has 2 heterocycles. The van der Waals surface area contributed by atoms with Crippen LogP contribution in [0.3, 0.4) is 0 Å². The van der Waals surface area contributed by atoms with Crippen molar-refractivity contribution >= 4 is 42.1 Å². The van der Waals surface area contributed by atoms with Crippen molar-refractivity contribution in [2.75, 3.05) is 36.9 Å². The molecule has 1 aromatic carbocycles. The van der Waals surface area contributed by atoms with Crippen molar-refractivity contribution in [2.24, 2.45) is 11.3 Å². The second-order valence-electron chi connectivity index (χ2n) is 7.47. The van der Waals surface area contributed by atoms with Gasteiger partial charge in [0, 0.05) is 36.5 Å². The van der Waals surface area contributed by atoms with Gasteiger partial charge in [-0.15, -0.1) is 24.8 Å². The van der Waals surface area contributed by atoms with Gasteiger partial charge in [-0.25, -0.2) is 0 Å². The Bertz CT molecular complexity index is 585. The Morgan fingerprint density at radius 3 is 2.31 bits per heavy atom. The number of hydrogen-bond acceptors (Lipinski definition) is 4. The molecule has 1 aromatic rings. The van der Waals surface area contributed by atoms with Crippen LogP contribution in [0.25, 0.3) is 0 Å². The molecule has 26 heavy (non-hydrogen) atoms. The van der Waals surface area contributed by atoms with Gasteiger partial charge in [-0.05, 0) is 74.9 Å². The number of ether oxygens (including phenoxy) is 1. The number of amides is 1. The first kappa shape index (κ1) is 21.3. The van der Waals surface area contributed by atoms with Crippen molar-refractivity contribution < 1.29 is 9.53 Å². The number of nitrogens with one attached hydrogen (secondary N) is 3. The van der Waals surface area contributed by atoms with E-state index in [2.05, 4.69) is 28.1 Å². The van der Waals surface area contributed by atoms with Crippen LogP contribution in [0.2, 0.25) is 0 Å². The number of piperidine rings is 1. The molecule has 146 valence electrons. The molecule has 1 spiro atoms. The Balaban J connectivity index is 0.00000121. The fourth-order valence-electron chi connectivity index (χ4n) is 4.15. The lowest BCUT2D eigenvalue weighted by molar-refractivity contribution is -0.118. The average molecular weight is 402 g/mol. The van der Waals surface area contributed by atoms with Gasteiger partial charge in [-0.2, -0.15) is 0 Å². The highest BCUT2D eigenvalue weighted by atomic mass is 35.5. The highest BCUT2D eigenvalue weighted by Crippen LogP contribution is 2.58. The van der Waals surface area contributed by atoms with E-state index in [0.717, 1.165) is 69.8 Å². The van der Waals surface area contributed by atoms with Gasteiger partial charge in [0.2, 0.25) is 5.91 Å². The Kier molecular flexibility index (Phi) is 7.59. The fraction of sp³-hybridized carbons (Fsp3) is 0.632. The van der Waals surface area contributed by atoms with E-state index >= 15 is 0 Å². The molecule has 7 heteroatoms. The molecule has 0 radical (unpaired) electrons. The summed E-state index contributed by atoms with van der Waals surface area (Å²) in [4.78, 5) is 12.5. The van der Waals surface area contributed by atoms with Crippen LogP contribution in [0.1, 0.15) is 32.1 Å². The molecule has 0 aromatic heterocycles. The summed E-state index contributed by atoms with van der Waals surface area (Å²) in [5.41, 5.74) is 2.30. The Hall–Kier alpha value is -1.01. The lowest BCUT2D eigenvalue weighted by atomic mass is 9.92. The van der Waals surface area contributed by atoms with Crippen molar-refractivity contribution in [2.45, 2.75) is 38.1 Å². The average Bonchev–Trinajstić information content (AvgIpc) is 3.31. The van der Waals surface area contributed by atoms with Gasteiger partial charge in [0.05, 0.1) is 0 Å². The Labute approximate surface area is 167 Å². The van der Waals surface area contributed by atoms with E-state index in [-0.39, 0.29) is 36.6 Å². The quantitative estimate of drug-likeness (QED) is 0.722. The molecule has 1 atom stereocenters. The SMILES string of the molecule is Cl.Cl.O=C(Nc1ccc(NC2CCOCC2)cc1)C1CC12CCNCC2. The van der Waals surface area contributed by atoms with Gasteiger partial charge in [0.15, 0.2) is 0 Å². The molecule has 1 amide bonds. The molecule has 3 fully saturated rings. The van der Waals surface area contributed by atoms with Crippen molar-refractivity contribution in [1.29, 1.82) is 0 Å². The Morgan fingerprint density at radius 2 is 1.65 bits per heavy atom. The summed E-state index contributed by atoms with van der Waals surface area (Å²) in [6.07, 6.45) is 5.44. The number of carbonyl (C=O) groups is 1. The van der Waals surface area contributed by atoms with E-state index in [0.29, 0.717) is 11.5 Å². The number of hydrogen-bond donors (Lipinski definition) is 3. The Morgan fingerprint density at radius 1 is 1.04 bits per heavy atom. The van der Waals surface area contributed by atoms with Crippen LogP contribution >= 0.6 is 24.8 Å². The summed E-state index contributed by atoms with van der Waals surface area (Å²) in [6.45, 7) is 3.78. The van der Waals surface area contributed by atoms with E-state index in [1.807, 2.05) is 12.1 Å². The molecule has 2 saturated heterocycles. The van der Waals surface area contributed by atoms with Crippen LogP contribution in [-0.4, -0.2) is 38.3 Å². The number of carbonyl (C=O) groups excluding carboxylic acids is 1. The first-order valence-corrected chi connectivity index (χ1v) is 9.21. The van der Waals surface area contributed by atoms with Crippen molar-refractivity contribution in [3.8, 4) is 0 Å². The maximum absolute atomic E-state index is 12.5. The summed E-state index contributed by atoms with van der Waals surface area (Å²) in [6, 6.07) is 8.59. The summed E-state index contributed by atoms with van der Waals surface area (Å²) in [7, 11) is 0. The van der Waals surface area contributed by atoms with Gasteiger partial charge in [0.25, 0.3) is 0 Å². The maximum Gasteiger partial charge on any atom is 0.228 e. The smallest absolute Gasteiger partial charge is 0.228 e.